The lowest BCUT2D eigenvalue weighted by Gasteiger charge is -2.67. The van der Waals surface area contributed by atoms with Crippen LogP contribution in [-0.4, -0.2) is 27.0 Å². The molecule has 0 bridgehead atoms. The zero-order valence-electron chi connectivity index (χ0n) is 20.0. The van der Waals surface area contributed by atoms with E-state index in [1.807, 2.05) is 12.3 Å². The maximum absolute atomic E-state index is 14.1. The first kappa shape index (κ1) is 22.9. The Labute approximate surface area is 191 Å². The summed E-state index contributed by atoms with van der Waals surface area (Å²) in [6, 6.07) is 8.55. The average Bonchev–Trinajstić information content (AvgIpc) is 3.21. The predicted octanol–water partition coefficient (Wildman–Crippen LogP) is 5.65. The number of aromatic amines is 1. The van der Waals surface area contributed by atoms with Crippen molar-refractivity contribution in [1.82, 2.24) is 10.3 Å². The number of phenolic OH excluding ortho intramolecular Hbond substituents is 2. The highest BCUT2D eigenvalue weighted by Crippen LogP contribution is 2.69. The number of aromatic nitrogens is 1. The molecule has 4 rings (SSSR count). The number of hydrogen-bond acceptors (Lipinski definition) is 4. The van der Waals surface area contributed by atoms with Crippen LogP contribution in [0.1, 0.15) is 76.4 Å². The minimum atomic E-state index is -0.205. The smallest absolute Gasteiger partial charge is 0.167 e. The van der Waals surface area contributed by atoms with E-state index in [9.17, 15) is 15.0 Å². The van der Waals surface area contributed by atoms with Gasteiger partial charge in [0.1, 0.15) is 11.5 Å². The van der Waals surface area contributed by atoms with Crippen LogP contribution in [0.15, 0.2) is 36.5 Å². The van der Waals surface area contributed by atoms with E-state index in [0.717, 1.165) is 37.9 Å². The van der Waals surface area contributed by atoms with E-state index in [0.29, 0.717) is 5.56 Å². The molecule has 0 radical (unpaired) electrons. The molecule has 4 N–H and O–H groups in total. The highest BCUT2D eigenvalue weighted by Gasteiger charge is 2.64. The van der Waals surface area contributed by atoms with Gasteiger partial charge in [-0.15, -0.1) is 0 Å². The van der Waals surface area contributed by atoms with Crippen molar-refractivity contribution in [2.24, 2.45) is 28.1 Å². The van der Waals surface area contributed by atoms with Crippen molar-refractivity contribution in [3.05, 3.63) is 47.8 Å². The summed E-state index contributed by atoms with van der Waals surface area (Å²) in [6.07, 6.45) is 6.24. The number of ketones is 1. The van der Waals surface area contributed by atoms with Crippen LogP contribution in [0.25, 0.3) is 0 Å². The lowest BCUT2D eigenvalue weighted by Crippen LogP contribution is -2.65. The molecule has 0 saturated heterocycles. The zero-order chi connectivity index (χ0) is 23.3. The first-order valence-corrected chi connectivity index (χ1v) is 11.9. The van der Waals surface area contributed by atoms with Crippen LogP contribution in [0.3, 0.4) is 0 Å². The van der Waals surface area contributed by atoms with Gasteiger partial charge in [-0.1, -0.05) is 41.0 Å². The van der Waals surface area contributed by atoms with Crippen LogP contribution < -0.4 is 5.32 Å². The summed E-state index contributed by atoms with van der Waals surface area (Å²) in [4.78, 5) is 17.3. The molecule has 32 heavy (non-hydrogen) atoms. The van der Waals surface area contributed by atoms with Crippen LogP contribution in [0.5, 0.6) is 11.5 Å². The minimum Gasteiger partial charge on any atom is -0.508 e. The molecule has 2 saturated carbocycles. The van der Waals surface area contributed by atoms with Gasteiger partial charge in [-0.25, -0.2) is 0 Å². The summed E-state index contributed by atoms with van der Waals surface area (Å²) in [5.41, 5.74) is 1.44. The number of hydrogen-bond donors (Lipinski definition) is 4. The number of nitrogens with one attached hydrogen (secondary N) is 2. The molecule has 1 aromatic heterocycles. The summed E-state index contributed by atoms with van der Waals surface area (Å²) in [7, 11) is 0. The second-order valence-corrected chi connectivity index (χ2v) is 11.3. The summed E-state index contributed by atoms with van der Waals surface area (Å²) >= 11 is 0. The van der Waals surface area contributed by atoms with Gasteiger partial charge >= 0.3 is 0 Å². The molecule has 2 fully saturated rings. The molecule has 5 atom stereocenters. The molecule has 2 aromatic rings. The standard InChI is InChI=1S/C27H38N2O3/c1-17-22(29-16-19-8-6-11-28-19)15-27(5)25(2,3)9-7-10-26(27,4)23(17)24(32)18-12-20(30)14-21(31)13-18/h6,8,11-14,17,22-23,28-31H,7,9-10,15-16H2,1-5H3/t17-,22-,23-,26-,27+/m1/s1. The Morgan fingerprint density at radius 3 is 2.44 bits per heavy atom. The van der Waals surface area contributed by atoms with Crippen LogP contribution in [0, 0.1) is 28.1 Å². The fourth-order valence-electron chi connectivity index (χ4n) is 7.09. The van der Waals surface area contributed by atoms with Crippen molar-refractivity contribution >= 4 is 5.78 Å². The van der Waals surface area contributed by atoms with E-state index in [-0.39, 0.29) is 51.4 Å². The van der Waals surface area contributed by atoms with Crippen LogP contribution in [-0.2, 0) is 6.54 Å². The number of rotatable bonds is 5. The van der Waals surface area contributed by atoms with Crippen molar-refractivity contribution < 1.29 is 15.0 Å². The Balaban J connectivity index is 1.76. The van der Waals surface area contributed by atoms with Crippen molar-refractivity contribution in [2.45, 2.75) is 72.9 Å². The van der Waals surface area contributed by atoms with Gasteiger partial charge in [-0.05, 0) is 65.7 Å². The third kappa shape index (κ3) is 3.55. The molecule has 0 amide bonds. The number of phenols is 2. The molecule has 0 unspecified atom stereocenters. The first-order valence-electron chi connectivity index (χ1n) is 11.9. The molecule has 1 heterocycles. The quantitative estimate of drug-likeness (QED) is 0.455. The third-order valence-electron chi connectivity index (χ3n) is 9.41. The van der Waals surface area contributed by atoms with Crippen LogP contribution >= 0.6 is 0 Å². The molecule has 1 aromatic carbocycles. The fourth-order valence-corrected chi connectivity index (χ4v) is 7.09. The Kier molecular flexibility index (Phi) is 5.69. The normalized spacial score (nSPS) is 34.1. The highest BCUT2D eigenvalue weighted by atomic mass is 16.3. The number of carbonyl (C=O) groups excluding carboxylic acids is 1. The molecular weight excluding hydrogens is 400 g/mol. The zero-order valence-corrected chi connectivity index (χ0v) is 20.0. The summed E-state index contributed by atoms with van der Waals surface area (Å²) in [5, 5.41) is 23.9. The summed E-state index contributed by atoms with van der Waals surface area (Å²) in [6.45, 7) is 12.4. The Hall–Kier alpha value is -2.27. The molecule has 5 heteroatoms. The first-order chi connectivity index (χ1) is 15.0. The van der Waals surface area contributed by atoms with E-state index >= 15 is 0 Å². The average molecular weight is 439 g/mol. The second-order valence-electron chi connectivity index (χ2n) is 11.3. The van der Waals surface area contributed by atoms with Crippen LogP contribution in [0.2, 0.25) is 0 Å². The Morgan fingerprint density at radius 1 is 1.12 bits per heavy atom. The predicted molar refractivity (Wildman–Crippen MR) is 127 cm³/mol. The highest BCUT2D eigenvalue weighted by molar-refractivity contribution is 5.99. The van der Waals surface area contributed by atoms with E-state index in [2.05, 4.69) is 51.0 Å². The van der Waals surface area contributed by atoms with E-state index in [1.165, 1.54) is 18.2 Å². The molecule has 2 aliphatic carbocycles. The van der Waals surface area contributed by atoms with Crippen molar-refractivity contribution in [3.63, 3.8) is 0 Å². The van der Waals surface area contributed by atoms with E-state index in [1.54, 1.807) is 0 Å². The fraction of sp³-hybridized carbons (Fsp3) is 0.593. The second kappa shape index (κ2) is 7.95. The Bertz CT molecular complexity index is 963. The maximum Gasteiger partial charge on any atom is 0.167 e. The van der Waals surface area contributed by atoms with Gasteiger partial charge in [0, 0.05) is 42.0 Å². The Morgan fingerprint density at radius 2 is 1.81 bits per heavy atom. The number of aromatic hydroxyl groups is 2. The van der Waals surface area contributed by atoms with Crippen molar-refractivity contribution in [1.29, 1.82) is 0 Å². The molecule has 5 nitrogen and oxygen atoms in total. The molecule has 0 spiro atoms. The lowest BCUT2D eigenvalue weighted by atomic mass is 9.38. The minimum absolute atomic E-state index is 0.0292. The molecule has 0 aliphatic heterocycles. The third-order valence-corrected chi connectivity index (χ3v) is 9.41. The lowest BCUT2D eigenvalue weighted by molar-refractivity contribution is -0.164. The largest absolute Gasteiger partial charge is 0.508 e. The number of H-pyrrole nitrogens is 1. The number of carbonyl (C=O) groups is 1. The summed E-state index contributed by atoms with van der Waals surface area (Å²) < 4.78 is 0. The van der Waals surface area contributed by atoms with Gasteiger partial charge in [0.15, 0.2) is 5.78 Å². The van der Waals surface area contributed by atoms with Crippen molar-refractivity contribution in [3.8, 4) is 11.5 Å². The van der Waals surface area contributed by atoms with Gasteiger partial charge in [0.2, 0.25) is 0 Å². The van der Waals surface area contributed by atoms with Gasteiger partial charge in [-0.3, -0.25) is 4.79 Å². The van der Waals surface area contributed by atoms with Crippen LogP contribution in [0.4, 0.5) is 0 Å². The van der Waals surface area contributed by atoms with Gasteiger partial charge in [-0.2, -0.15) is 0 Å². The van der Waals surface area contributed by atoms with Gasteiger partial charge < -0.3 is 20.5 Å². The molecule has 174 valence electrons. The van der Waals surface area contributed by atoms with Crippen molar-refractivity contribution in [2.75, 3.05) is 0 Å². The number of Topliss-reactive ketones (excluding diaryl/α,β-unsaturated/α-hetero) is 1. The topological polar surface area (TPSA) is 85.4 Å². The molecular formula is C27H38N2O3. The van der Waals surface area contributed by atoms with Gasteiger partial charge in [0.05, 0.1) is 0 Å². The summed E-state index contributed by atoms with van der Waals surface area (Å²) in [5.74, 6) is -0.205. The van der Waals surface area contributed by atoms with E-state index < -0.39 is 0 Å². The SMILES string of the molecule is C[C@@H]1[C@H](NCc2ccc[nH]2)C[C@@]2(C)C(C)(C)CCC[C@]2(C)[C@H]1C(=O)c1cc(O)cc(O)c1. The molecule has 2 aliphatic rings. The number of benzene rings is 1. The van der Waals surface area contributed by atoms with E-state index in [4.69, 9.17) is 0 Å². The maximum atomic E-state index is 14.1. The number of fused-ring (bicyclic) bond motifs is 1. The van der Waals surface area contributed by atoms with Gasteiger partial charge in [0.25, 0.3) is 0 Å². The monoisotopic (exact) mass is 438 g/mol.